The van der Waals surface area contributed by atoms with Crippen LogP contribution in [-0.2, 0) is 0 Å². The summed E-state index contributed by atoms with van der Waals surface area (Å²) in [4.78, 5) is 20.5. The number of urea groups is 1. The highest BCUT2D eigenvalue weighted by Crippen LogP contribution is 2.14. The molecule has 1 heterocycles. The number of thiazole rings is 1. The van der Waals surface area contributed by atoms with Crippen LogP contribution in [0.15, 0.2) is 35.5 Å². The van der Waals surface area contributed by atoms with Crippen molar-refractivity contribution in [3.63, 3.8) is 0 Å². The van der Waals surface area contributed by atoms with Crippen LogP contribution in [0.25, 0.3) is 5.69 Å². The number of carbonyl (C=O) groups excluding carboxylic acids is 1. The van der Waals surface area contributed by atoms with E-state index >= 15 is 0 Å². The highest BCUT2D eigenvalue weighted by molar-refractivity contribution is 7.09. The summed E-state index contributed by atoms with van der Waals surface area (Å²) >= 11 is 7.45. The monoisotopic (exact) mass is 351 g/mol. The van der Waals surface area contributed by atoms with Gasteiger partial charge in [-0.2, -0.15) is 4.99 Å². The van der Waals surface area contributed by atoms with Gasteiger partial charge in [0.05, 0.1) is 0 Å². The first kappa shape index (κ1) is 17.8. The van der Waals surface area contributed by atoms with Crippen molar-refractivity contribution in [1.82, 2.24) is 9.47 Å². The van der Waals surface area contributed by atoms with E-state index in [2.05, 4.69) is 4.99 Å². The second-order valence-electron chi connectivity index (χ2n) is 5.96. The van der Waals surface area contributed by atoms with Crippen molar-refractivity contribution in [2.45, 2.75) is 46.7 Å². The summed E-state index contributed by atoms with van der Waals surface area (Å²) < 4.78 is 1.92. The van der Waals surface area contributed by atoms with Crippen LogP contribution >= 0.6 is 22.9 Å². The number of halogens is 1. The Kier molecular flexibility index (Phi) is 5.65. The first-order valence-electron chi connectivity index (χ1n) is 7.61. The molecule has 2 rings (SSSR count). The number of hydrogen-bond donors (Lipinski definition) is 0. The molecule has 0 radical (unpaired) electrons. The molecular weight excluding hydrogens is 330 g/mol. The number of rotatable bonds is 3. The summed E-state index contributed by atoms with van der Waals surface area (Å²) in [5.41, 5.74) is 0.936. The van der Waals surface area contributed by atoms with Gasteiger partial charge in [0.2, 0.25) is 0 Å². The summed E-state index contributed by atoms with van der Waals surface area (Å²) in [5.74, 6) is 0. The molecule has 0 aliphatic heterocycles. The van der Waals surface area contributed by atoms with Crippen LogP contribution in [0.3, 0.4) is 0 Å². The van der Waals surface area contributed by atoms with Crippen LogP contribution in [0.4, 0.5) is 4.79 Å². The number of hydrogen-bond acceptors (Lipinski definition) is 2. The van der Waals surface area contributed by atoms with Crippen molar-refractivity contribution < 1.29 is 4.79 Å². The van der Waals surface area contributed by atoms with Gasteiger partial charge >= 0.3 is 6.03 Å². The van der Waals surface area contributed by atoms with Crippen molar-refractivity contribution >= 4 is 29.0 Å². The Morgan fingerprint density at radius 2 is 1.74 bits per heavy atom. The lowest BCUT2D eigenvalue weighted by Crippen LogP contribution is -2.41. The van der Waals surface area contributed by atoms with Gasteiger partial charge in [-0.1, -0.05) is 11.6 Å². The molecule has 0 unspecified atom stereocenters. The lowest BCUT2D eigenvalue weighted by atomic mass is 10.2. The topological polar surface area (TPSA) is 37.6 Å². The molecule has 124 valence electrons. The highest BCUT2D eigenvalue weighted by atomic mass is 35.5. The van der Waals surface area contributed by atoms with E-state index in [-0.39, 0.29) is 18.1 Å². The quantitative estimate of drug-likeness (QED) is 0.793. The fourth-order valence-corrected chi connectivity index (χ4v) is 3.45. The van der Waals surface area contributed by atoms with Crippen molar-refractivity contribution in [3.05, 3.63) is 45.2 Å². The number of carbonyl (C=O) groups is 1. The zero-order valence-corrected chi connectivity index (χ0v) is 15.6. The molecule has 0 fully saturated rings. The molecule has 0 atom stereocenters. The van der Waals surface area contributed by atoms with Gasteiger partial charge in [0.15, 0.2) is 4.80 Å². The maximum Gasteiger partial charge on any atom is 0.346 e. The first-order chi connectivity index (χ1) is 10.8. The van der Waals surface area contributed by atoms with Gasteiger partial charge in [-0.3, -0.25) is 4.57 Å². The zero-order chi connectivity index (χ0) is 17.1. The summed E-state index contributed by atoms with van der Waals surface area (Å²) in [7, 11) is 0. The predicted molar refractivity (Wildman–Crippen MR) is 96.5 cm³/mol. The van der Waals surface area contributed by atoms with Crippen molar-refractivity contribution in [3.8, 4) is 5.69 Å². The van der Waals surface area contributed by atoms with E-state index in [1.54, 1.807) is 4.90 Å². The van der Waals surface area contributed by atoms with E-state index in [4.69, 9.17) is 11.6 Å². The van der Waals surface area contributed by atoms with E-state index in [1.807, 2.05) is 69.6 Å². The van der Waals surface area contributed by atoms with E-state index in [0.717, 1.165) is 10.6 Å². The summed E-state index contributed by atoms with van der Waals surface area (Å²) in [6.45, 7) is 10.0. The van der Waals surface area contributed by atoms with Gasteiger partial charge in [-0.15, -0.1) is 11.3 Å². The Balaban J connectivity index is 2.47. The van der Waals surface area contributed by atoms with Crippen LogP contribution in [0, 0.1) is 6.92 Å². The molecule has 0 spiro atoms. The Hall–Kier alpha value is -1.59. The third-order valence-corrected chi connectivity index (χ3v) is 4.55. The Labute approximate surface area is 146 Å². The maximum atomic E-state index is 12.6. The molecule has 0 bridgehead atoms. The molecule has 0 saturated carbocycles. The number of aryl methyl sites for hydroxylation is 1. The Morgan fingerprint density at radius 3 is 2.26 bits per heavy atom. The number of aromatic nitrogens is 1. The minimum atomic E-state index is -0.209. The van der Waals surface area contributed by atoms with Crippen molar-refractivity contribution in [2.24, 2.45) is 4.99 Å². The van der Waals surface area contributed by atoms with Gasteiger partial charge in [0, 0.05) is 33.9 Å². The van der Waals surface area contributed by atoms with Gasteiger partial charge in [-0.25, -0.2) is 4.79 Å². The maximum absolute atomic E-state index is 12.6. The highest BCUT2D eigenvalue weighted by Gasteiger charge is 2.19. The van der Waals surface area contributed by atoms with Crippen molar-refractivity contribution in [1.29, 1.82) is 0 Å². The van der Waals surface area contributed by atoms with Crippen LogP contribution in [0.2, 0.25) is 5.02 Å². The second kappa shape index (κ2) is 7.32. The molecule has 0 aliphatic rings. The van der Waals surface area contributed by atoms with Gasteiger partial charge in [0.1, 0.15) is 0 Å². The van der Waals surface area contributed by atoms with E-state index in [0.29, 0.717) is 9.82 Å². The van der Waals surface area contributed by atoms with Crippen LogP contribution in [0.1, 0.15) is 32.6 Å². The van der Waals surface area contributed by atoms with E-state index in [9.17, 15) is 4.79 Å². The SMILES string of the molecule is Cc1cn(-c2ccc(Cl)cc2)/c(=N/C(=O)N(C(C)C)C(C)C)s1. The summed E-state index contributed by atoms with van der Waals surface area (Å²) in [5, 5.41) is 0.682. The minimum Gasteiger partial charge on any atom is -0.318 e. The third kappa shape index (κ3) is 4.24. The lowest BCUT2D eigenvalue weighted by molar-refractivity contribution is 0.174. The standard InChI is InChI=1S/C17H22ClN3OS/c1-11(2)21(12(3)4)16(22)19-17-20(10-13(5)23-17)15-8-6-14(18)7-9-15/h6-12H,1-5H3/b19-17-. The fraction of sp³-hybridized carbons (Fsp3) is 0.412. The van der Waals surface area contributed by atoms with Crippen LogP contribution in [0.5, 0.6) is 0 Å². The number of nitrogens with zero attached hydrogens (tertiary/aromatic N) is 3. The van der Waals surface area contributed by atoms with Gasteiger partial charge in [-0.05, 0) is 58.9 Å². The molecule has 2 aromatic rings. The normalized spacial score (nSPS) is 12.3. The van der Waals surface area contributed by atoms with Gasteiger partial charge < -0.3 is 4.90 Å². The molecule has 1 aromatic heterocycles. The van der Waals surface area contributed by atoms with Crippen LogP contribution < -0.4 is 4.80 Å². The summed E-state index contributed by atoms with van der Waals surface area (Å²) in [6, 6.07) is 7.50. The molecule has 0 aliphatic carbocycles. The average molecular weight is 352 g/mol. The zero-order valence-electron chi connectivity index (χ0n) is 14.1. The molecular formula is C17H22ClN3OS. The Bertz CT molecular complexity index is 736. The third-order valence-electron chi connectivity index (χ3n) is 3.40. The molecule has 6 heteroatoms. The number of benzene rings is 1. The fourth-order valence-electron chi connectivity index (χ4n) is 2.50. The molecule has 4 nitrogen and oxygen atoms in total. The van der Waals surface area contributed by atoms with E-state index in [1.165, 1.54) is 11.3 Å². The van der Waals surface area contributed by atoms with Crippen LogP contribution in [-0.4, -0.2) is 27.6 Å². The largest absolute Gasteiger partial charge is 0.346 e. The van der Waals surface area contributed by atoms with Gasteiger partial charge in [0.25, 0.3) is 0 Å². The molecule has 23 heavy (non-hydrogen) atoms. The molecule has 2 amide bonds. The smallest absolute Gasteiger partial charge is 0.318 e. The number of amides is 2. The molecule has 1 aromatic carbocycles. The molecule has 0 saturated heterocycles. The predicted octanol–water partition coefficient (Wildman–Crippen LogP) is 4.64. The van der Waals surface area contributed by atoms with Crippen molar-refractivity contribution in [2.75, 3.05) is 0 Å². The second-order valence-corrected chi connectivity index (χ2v) is 7.61. The molecule has 0 N–H and O–H groups in total. The summed E-state index contributed by atoms with van der Waals surface area (Å²) in [6.07, 6.45) is 1.98. The first-order valence-corrected chi connectivity index (χ1v) is 8.81. The Morgan fingerprint density at radius 1 is 1.17 bits per heavy atom. The minimum absolute atomic E-state index is 0.108. The van der Waals surface area contributed by atoms with E-state index < -0.39 is 0 Å². The average Bonchev–Trinajstić information content (AvgIpc) is 2.79. The lowest BCUT2D eigenvalue weighted by Gasteiger charge is -2.28.